The molecule has 176 valence electrons. The molecule has 0 saturated heterocycles. The van der Waals surface area contributed by atoms with Crippen LogP contribution in [-0.4, -0.2) is 29.0 Å². The van der Waals surface area contributed by atoms with Gasteiger partial charge in [0.25, 0.3) is 5.91 Å². The van der Waals surface area contributed by atoms with Crippen molar-refractivity contribution in [3.63, 3.8) is 0 Å². The van der Waals surface area contributed by atoms with Gasteiger partial charge < -0.3 is 14.8 Å². The van der Waals surface area contributed by atoms with E-state index < -0.39 is 12.0 Å². The molecule has 8 heteroatoms. The van der Waals surface area contributed by atoms with Crippen molar-refractivity contribution in [3.8, 4) is 5.75 Å². The summed E-state index contributed by atoms with van der Waals surface area (Å²) in [5.41, 5.74) is 2.86. The minimum absolute atomic E-state index is 0.175. The van der Waals surface area contributed by atoms with Gasteiger partial charge in [-0.15, -0.1) is 0 Å². The molecule has 0 aliphatic rings. The third-order valence-corrected chi connectivity index (χ3v) is 5.53. The molecule has 0 spiro atoms. The maximum absolute atomic E-state index is 13.1. The molecule has 3 aromatic carbocycles. The number of hydrogen-bond acceptors (Lipinski definition) is 6. The number of ether oxygens (including phenoxy) is 2. The van der Waals surface area contributed by atoms with E-state index in [-0.39, 0.29) is 11.1 Å². The summed E-state index contributed by atoms with van der Waals surface area (Å²) in [6.07, 6.45) is 3.00. The minimum Gasteiger partial charge on any atom is -0.489 e. The van der Waals surface area contributed by atoms with Crippen LogP contribution in [0.2, 0.25) is 5.15 Å². The molecule has 1 aromatic heterocycles. The Balaban J connectivity index is 1.60. The first-order valence-electron chi connectivity index (χ1n) is 10.8. The Labute approximate surface area is 207 Å². The zero-order valence-corrected chi connectivity index (χ0v) is 19.6. The van der Waals surface area contributed by atoms with Gasteiger partial charge in [0.05, 0.1) is 12.7 Å². The van der Waals surface area contributed by atoms with Crippen molar-refractivity contribution >= 4 is 23.5 Å². The van der Waals surface area contributed by atoms with Crippen LogP contribution < -0.4 is 10.1 Å². The topological polar surface area (TPSA) is 90.4 Å². The average Bonchev–Trinajstić information content (AvgIpc) is 2.91. The van der Waals surface area contributed by atoms with Crippen molar-refractivity contribution in [3.05, 3.63) is 124 Å². The monoisotopic (exact) mass is 487 g/mol. The van der Waals surface area contributed by atoms with Gasteiger partial charge in [0.2, 0.25) is 0 Å². The maximum atomic E-state index is 13.1. The highest BCUT2D eigenvalue weighted by Gasteiger charge is 2.23. The molecule has 0 aliphatic heterocycles. The van der Waals surface area contributed by atoms with Crippen LogP contribution in [0.15, 0.2) is 91.3 Å². The van der Waals surface area contributed by atoms with Crippen molar-refractivity contribution in [1.29, 1.82) is 0 Å². The number of benzene rings is 3. The zero-order valence-electron chi connectivity index (χ0n) is 18.9. The van der Waals surface area contributed by atoms with Crippen molar-refractivity contribution in [2.45, 2.75) is 12.6 Å². The van der Waals surface area contributed by atoms with Gasteiger partial charge in [-0.2, -0.15) is 0 Å². The third-order valence-electron chi connectivity index (χ3n) is 5.24. The summed E-state index contributed by atoms with van der Waals surface area (Å²) in [6, 6.07) is 22.7. The van der Waals surface area contributed by atoms with Crippen LogP contribution in [-0.2, 0) is 11.3 Å². The van der Waals surface area contributed by atoms with E-state index in [9.17, 15) is 9.59 Å². The Bertz CT molecular complexity index is 1310. The molecule has 1 heterocycles. The van der Waals surface area contributed by atoms with E-state index in [1.807, 2.05) is 54.6 Å². The number of esters is 1. The van der Waals surface area contributed by atoms with Crippen LogP contribution in [0.5, 0.6) is 5.75 Å². The first-order valence-corrected chi connectivity index (χ1v) is 11.2. The lowest BCUT2D eigenvalue weighted by Gasteiger charge is -2.20. The highest BCUT2D eigenvalue weighted by atomic mass is 35.5. The molecule has 1 N–H and O–H groups in total. The lowest BCUT2D eigenvalue weighted by atomic mass is 10.0. The molecule has 1 amide bonds. The quantitative estimate of drug-likeness (QED) is 0.351. The summed E-state index contributed by atoms with van der Waals surface area (Å²) < 4.78 is 10.7. The Hall–Kier alpha value is -4.23. The Morgan fingerprint density at radius 1 is 0.914 bits per heavy atom. The van der Waals surface area contributed by atoms with Crippen LogP contribution in [0.25, 0.3) is 0 Å². The summed E-state index contributed by atoms with van der Waals surface area (Å²) >= 11 is 6.34. The molecule has 1 unspecified atom stereocenters. The van der Waals surface area contributed by atoms with Gasteiger partial charge >= 0.3 is 5.97 Å². The predicted octanol–water partition coefficient (Wildman–Crippen LogP) is 5.02. The second-order valence-corrected chi connectivity index (χ2v) is 7.91. The van der Waals surface area contributed by atoms with Gasteiger partial charge in [0.15, 0.2) is 5.15 Å². The standard InChI is InChI=1S/C27H22ClN3O4/c1-34-27(33)20-12-10-19(11-13-20)26(32)31-23(24-25(28)30-15-14-29-24)21-8-5-9-22(16-21)35-17-18-6-3-2-4-7-18/h2-16,23H,17H2,1H3,(H,31,32). The number of methoxy groups -OCH3 is 1. The number of amides is 1. The van der Waals surface area contributed by atoms with Gasteiger partial charge in [-0.05, 0) is 47.5 Å². The first-order chi connectivity index (χ1) is 17.0. The second-order valence-electron chi connectivity index (χ2n) is 7.55. The highest BCUT2D eigenvalue weighted by molar-refractivity contribution is 6.30. The molecule has 0 aliphatic carbocycles. The Morgan fingerprint density at radius 3 is 2.34 bits per heavy atom. The van der Waals surface area contributed by atoms with E-state index in [1.165, 1.54) is 31.6 Å². The first kappa shape index (κ1) is 23.9. The fourth-order valence-corrected chi connectivity index (χ4v) is 3.66. The van der Waals surface area contributed by atoms with Crippen LogP contribution in [0.3, 0.4) is 0 Å². The van der Waals surface area contributed by atoms with Crippen LogP contribution in [0.1, 0.15) is 43.6 Å². The molecule has 7 nitrogen and oxygen atoms in total. The SMILES string of the molecule is COC(=O)c1ccc(C(=O)NC(c2cccc(OCc3ccccc3)c2)c2nccnc2Cl)cc1. The number of carbonyl (C=O) groups excluding carboxylic acids is 2. The molecule has 0 fully saturated rings. The van der Waals surface area contributed by atoms with Crippen LogP contribution >= 0.6 is 11.6 Å². The van der Waals surface area contributed by atoms with Crippen LogP contribution in [0.4, 0.5) is 0 Å². The molecular weight excluding hydrogens is 466 g/mol. The van der Waals surface area contributed by atoms with E-state index in [0.717, 1.165) is 11.1 Å². The van der Waals surface area contributed by atoms with Gasteiger partial charge in [-0.1, -0.05) is 54.1 Å². The average molecular weight is 488 g/mol. The van der Waals surface area contributed by atoms with E-state index in [0.29, 0.717) is 29.2 Å². The third kappa shape index (κ3) is 6.02. The van der Waals surface area contributed by atoms with Crippen molar-refractivity contribution in [1.82, 2.24) is 15.3 Å². The molecule has 1 atom stereocenters. The van der Waals surface area contributed by atoms with Crippen molar-refractivity contribution in [2.24, 2.45) is 0 Å². The molecule has 35 heavy (non-hydrogen) atoms. The molecule has 0 radical (unpaired) electrons. The zero-order chi connectivity index (χ0) is 24.6. The number of aromatic nitrogens is 2. The minimum atomic E-state index is -0.691. The molecule has 0 bridgehead atoms. The maximum Gasteiger partial charge on any atom is 0.337 e. The van der Waals surface area contributed by atoms with Gasteiger partial charge in [-0.25, -0.2) is 9.78 Å². The van der Waals surface area contributed by atoms with E-state index >= 15 is 0 Å². The fourth-order valence-electron chi connectivity index (χ4n) is 3.45. The van der Waals surface area contributed by atoms with Gasteiger partial charge in [0, 0.05) is 18.0 Å². The Kier molecular flexibility index (Phi) is 7.70. The van der Waals surface area contributed by atoms with Crippen LogP contribution in [0, 0.1) is 0 Å². The van der Waals surface area contributed by atoms with Gasteiger partial charge in [-0.3, -0.25) is 9.78 Å². The molecule has 4 aromatic rings. The van der Waals surface area contributed by atoms with Crippen molar-refractivity contribution in [2.75, 3.05) is 7.11 Å². The number of nitrogens with one attached hydrogen (secondary N) is 1. The largest absolute Gasteiger partial charge is 0.489 e. The van der Waals surface area contributed by atoms with E-state index in [4.69, 9.17) is 21.1 Å². The van der Waals surface area contributed by atoms with E-state index in [2.05, 4.69) is 15.3 Å². The number of hydrogen-bond donors (Lipinski definition) is 1. The summed E-state index contributed by atoms with van der Waals surface area (Å²) in [4.78, 5) is 33.3. The summed E-state index contributed by atoms with van der Waals surface area (Å²) in [6.45, 7) is 0.403. The Morgan fingerprint density at radius 2 is 1.63 bits per heavy atom. The van der Waals surface area contributed by atoms with Crippen molar-refractivity contribution < 1.29 is 19.1 Å². The summed E-state index contributed by atoms with van der Waals surface area (Å²) in [7, 11) is 1.30. The molecular formula is C27H22ClN3O4. The summed E-state index contributed by atoms with van der Waals surface area (Å²) in [5.74, 6) is -0.217. The second kappa shape index (κ2) is 11.3. The molecule has 0 saturated carbocycles. The predicted molar refractivity (Wildman–Crippen MR) is 131 cm³/mol. The normalized spacial score (nSPS) is 11.4. The fraction of sp³-hybridized carbons (Fsp3) is 0.111. The number of nitrogens with zero attached hydrogens (tertiary/aromatic N) is 2. The smallest absolute Gasteiger partial charge is 0.337 e. The number of rotatable bonds is 8. The number of carbonyl (C=O) groups is 2. The van der Waals surface area contributed by atoms with Gasteiger partial charge in [0.1, 0.15) is 24.1 Å². The lowest BCUT2D eigenvalue weighted by molar-refractivity contribution is 0.0600. The summed E-state index contributed by atoms with van der Waals surface area (Å²) in [5, 5.41) is 3.15. The lowest BCUT2D eigenvalue weighted by Crippen LogP contribution is -2.30. The number of halogens is 1. The van der Waals surface area contributed by atoms with E-state index in [1.54, 1.807) is 12.1 Å². The highest BCUT2D eigenvalue weighted by Crippen LogP contribution is 2.28. The molecule has 4 rings (SSSR count).